The van der Waals surface area contributed by atoms with Crippen LogP contribution in [0.2, 0.25) is 0 Å². The van der Waals surface area contributed by atoms with E-state index in [1.165, 1.54) is 11.0 Å². The first kappa shape index (κ1) is 17.5. The normalized spacial score (nSPS) is 19.8. The number of hydrogen-bond acceptors (Lipinski definition) is 7. The second kappa shape index (κ2) is 7.36. The van der Waals surface area contributed by atoms with Crippen LogP contribution in [0.25, 0.3) is 5.57 Å². The maximum absolute atomic E-state index is 14.7. The lowest BCUT2D eigenvalue weighted by molar-refractivity contribution is 0.161. The van der Waals surface area contributed by atoms with Crippen LogP contribution in [0.15, 0.2) is 28.7 Å². The van der Waals surface area contributed by atoms with Gasteiger partial charge < -0.3 is 18.6 Å². The minimum absolute atomic E-state index is 0.0137. The molecule has 0 bridgehead atoms. The zero-order valence-electron chi connectivity index (χ0n) is 14.7. The monoisotopic (exact) mass is 375 g/mol. The average Bonchev–Trinajstić information content (AvgIpc) is 3.26. The summed E-state index contributed by atoms with van der Waals surface area (Å²) >= 11 is 0. The summed E-state index contributed by atoms with van der Waals surface area (Å²) < 4.78 is 35.6. The standard InChI is InChI=1S/C18H18FN3O5/c1-11-20-21-17(27-11)25-9-14-10-26-18(23)22(14)13-2-3-15(16(19)8-13)12-4-6-24-7-5-12/h2-4,8,14H,5-7,9-10H2,1H3/t14-/m1/s1. The Morgan fingerprint density at radius 3 is 2.96 bits per heavy atom. The summed E-state index contributed by atoms with van der Waals surface area (Å²) in [5, 5.41) is 7.41. The second-order valence-corrected chi connectivity index (χ2v) is 6.22. The van der Waals surface area contributed by atoms with Gasteiger partial charge >= 0.3 is 12.2 Å². The van der Waals surface area contributed by atoms with Gasteiger partial charge in [-0.25, -0.2) is 9.18 Å². The maximum atomic E-state index is 14.7. The molecular formula is C18H18FN3O5. The topological polar surface area (TPSA) is 86.9 Å². The van der Waals surface area contributed by atoms with Gasteiger partial charge in [0.2, 0.25) is 5.89 Å². The number of halogens is 1. The largest absolute Gasteiger partial charge is 0.447 e. The van der Waals surface area contributed by atoms with Crippen molar-refractivity contribution in [3.05, 3.63) is 41.5 Å². The molecule has 1 atom stereocenters. The van der Waals surface area contributed by atoms with Crippen LogP contribution < -0.4 is 9.64 Å². The lowest BCUT2D eigenvalue weighted by atomic mass is 10.0. The van der Waals surface area contributed by atoms with Crippen molar-refractivity contribution in [2.75, 3.05) is 31.3 Å². The van der Waals surface area contributed by atoms with Crippen LogP contribution in [-0.4, -0.2) is 48.8 Å². The average molecular weight is 375 g/mol. The molecule has 3 heterocycles. The van der Waals surface area contributed by atoms with Crippen molar-refractivity contribution in [3.8, 4) is 6.08 Å². The summed E-state index contributed by atoms with van der Waals surface area (Å²) in [6.45, 7) is 2.90. The molecule has 1 saturated heterocycles. The summed E-state index contributed by atoms with van der Waals surface area (Å²) in [5.74, 6) is -0.0202. The summed E-state index contributed by atoms with van der Waals surface area (Å²) in [4.78, 5) is 13.5. The number of aromatic nitrogens is 2. The van der Waals surface area contributed by atoms with Gasteiger partial charge in [-0.15, -0.1) is 5.10 Å². The molecule has 0 aliphatic carbocycles. The highest BCUT2D eigenvalue weighted by molar-refractivity contribution is 5.90. The zero-order valence-corrected chi connectivity index (χ0v) is 14.7. The molecule has 27 heavy (non-hydrogen) atoms. The molecule has 0 unspecified atom stereocenters. The van der Waals surface area contributed by atoms with E-state index in [1.54, 1.807) is 19.1 Å². The molecule has 2 aromatic rings. The number of cyclic esters (lactones) is 1. The van der Waals surface area contributed by atoms with Gasteiger partial charge in [0.1, 0.15) is 25.1 Å². The smallest absolute Gasteiger partial charge is 0.414 e. The Morgan fingerprint density at radius 2 is 2.26 bits per heavy atom. The molecule has 4 rings (SSSR count). The fraction of sp³-hybridized carbons (Fsp3) is 0.389. The number of benzene rings is 1. The van der Waals surface area contributed by atoms with Crippen LogP contribution in [0.5, 0.6) is 6.08 Å². The van der Waals surface area contributed by atoms with Crippen LogP contribution in [-0.2, 0) is 9.47 Å². The number of anilines is 1. The molecule has 0 spiro atoms. The second-order valence-electron chi connectivity index (χ2n) is 6.22. The molecule has 0 N–H and O–H groups in total. The highest BCUT2D eigenvalue weighted by Crippen LogP contribution is 2.30. The van der Waals surface area contributed by atoms with E-state index < -0.39 is 18.0 Å². The highest BCUT2D eigenvalue weighted by Gasteiger charge is 2.35. The van der Waals surface area contributed by atoms with Crippen LogP contribution >= 0.6 is 0 Å². The van der Waals surface area contributed by atoms with E-state index in [4.69, 9.17) is 18.6 Å². The van der Waals surface area contributed by atoms with Crippen molar-refractivity contribution in [1.82, 2.24) is 10.2 Å². The van der Waals surface area contributed by atoms with E-state index >= 15 is 0 Å². The number of aryl methyl sites for hydroxylation is 1. The summed E-state index contributed by atoms with van der Waals surface area (Å²) in [6.07, 6.45) is 1.99. The first-order chi connectivity index (χ1) is 13.1. The Bertz CT molecular complexity index is 882. The van der Waals surface area contributed by atoms with Gasteiger partial charge in [0, 0.05) is 12.5 Å². The molecule has 1 fully saturated rings. The highest BCUT2D eigenvalue weighted by atomic mass is 19.1. The van der Waals surface area contributed by atoms with E-state index in [0.29, 0.717) is 36.8 Å². The van der Waals surface area contributed by atoms with Crippen LogP contribution in [0.4, 0.5) is 14.9 Å². The summed E-state index contributed by atoms with van der Waals surface area (Å²) in [5.41, 5.74) is 1.83. The fourth-order valence-corrected chi connectivity index (χ4v) is 3.09. The zero-order chi connectivity index (χ0) is 18.8. The number of rotatable bonds is 5. The minimum Gasteiger partial charge on any atom is -0.447 e. The minimum atomic E-state index is -0.553. The molecule has 1 aromatic heterocycles. The first-order valence-corrected chi connectivity index (χ1v) is 8.57. The Hall–Kier alpha value is -2.94. The van der Waals surface area contributed by atoms with E-state index in [0.717, 1.165) is 5.57 Å². The van der Waals surface area contributed by atoms with Gasteiger partial charge in [0.05, 0.1) is 18.9 Å². The predicted molar refractivity (Wildman–Crippen MR) is 92.0 cm³/mol. The molecule has 2 aliphatic rings. The van der Waals surface area contributed by atoms with Crippen LogP contribution in [0.1, 0.15) is 17.9 Å². The third-order valence-electron chi connectivity index (χ3n) is 4.41. The molecule has 9 heteroatoms. The molecule has 1 aromatic carbocycles. The number of carbonyl (C=O) groups excluding carboxylic acids is 1. The van der Waals surface area contributed by atoms with E-state index in [-0.39, 0.29) is 19.3 Å². The van der Waals surface area contributed by atoms with Crippen molar-refractivity contribution >= 4 is 17.4 Å². The molecule has 8 nitrogen and oxygen atoms in total. The fourth-order valence-electron chi connectivity index (χ4n) is 3.09. The molecular weight excluding hydrogens is 357 g/mol. The van der Waals surface area contributed by atoms with Crippen molar-refractivity contribution in [2.45, 2.75) is 19.4 Å². The van der Waals surface area contributed by atoms with Gasteiger partial charge in [-0.3, -0.25) is 4.90 Å². The lowest BCUT2D eigenvalue weighted by Crippen LogP contribution is -2.38. The SMILES string of the molecule is Cc1nnc(OC[C@@H]2COC(=O)N2c2ccc(C3=CCOCC3)c(F)c2)o1. The van der Waals surface area contributed by atoms with Crippen LogP contribution in [0.3, 0.4) is 0 Å². The van der Waals surface area contributed by atoms with Gasteiger partial charge in [-0.2, -0.15) is 0 Å². The van der Waals surface area contributed by atoms with E-state index in [1.807, 2.05) is 6.08 Å². The van der Waals surface area contributed by atoms with Gasteiger partial charge in [0.25, 0.3) is 0 Å². The number of ether oxygens (including phenoxy) is 3. The quantitative estimate of drug-likeness (QED) is 0.794. The predicted octanol–water partition coefficient (Wildman–Crippen LogP) is 2.73. The van der Waals surface area contributed by atoms with Crippen molar-refractivity contribution in [2.24, 2.45) is 0 Å². The molecule has 142 valence electrons. The maximum Gasteiger partial charge on any atom is 0.414 e. The van der Waals surface area contributed by atoms with Crippen LogP contribution in [0, 0.1) is 12.7 Å². The van der Waals surface area contributed by atoms with Crippen molar-refractivity contribution < 1.29 is 27.8 Å². The number of carbonyl (C=O) groups is 1. The lowest BCUT2D eigenvalue weighted by Gasteiger charge is -2.22. The molecule has 0 radical (unpaired) electrons. The van der Waals surface area contributed by atoms with Crippen molar-refractivity contribution in [3.63, 3.8) is 0 Å². The Balaban J connectivity index is 1.52. The molecule has 1 amide bonds. The van der Waals surface area contributed by atoms with E-state index in [9.17, 15) is 9.18 Å². The molecule has 0 saturated carbocycles. The van der Waals surface area contributed by atoms with Crippen molar-refractivity contribution in [1.29, 1.82) is 0 Å². The van der Waals surface area contributed by atoms with E-state index in [2.05, 4.69) is 10.2 Å². The Labute approximate surface area is 154 Å². The third-order valence-corrected chi connectivity index (χ3v) is 4.41. The third kappa shape index (κ3) is 3.63. The number of nitrogens with zero attached hydrogens (tertiary/aromatic N) is 3. The first-order valence-electron chi connectivity index (χ1n) is 8.57. The Kier molecular flexibility index (Phi) is 4.76. The summed E-state index contributed by atoms with van der Waals surface area (Å²) in [7, 11) is 0. The molecule has 2 aliphatic heterocycles. The van der Waals surface area contributed by atoms with Gasteiger partial charge in [-0.05, 0) is 30.2 Å². The number of amides is 1. The summed E-state index contributed by atoms with van der Waals surface area (Å²) in [6, 6.07) is 4.28. The van der Waals surface area contributed by atoms with Gasteiger partial charge in [-0.1, -0.05) is 11.2 Å². The van der Waals surface area contributed by atoms with Gasteiger partial charge in [0.15, 0.2) is 0 Å². The Morgan fingerprint density at radius 1 is 1.37 bits per heavy atom. The number of hydrogen-bond donors (Lipinski definition) is 0.